The quantitative estimate of drug-likeness (QED) is 0.184. The minimum atomic E-state index is 0.906. The molecule has 10 rings (SSSR count). The van der Waals surface area contributed by atoms with Gasteiger partial charge in [0.1, 0.15) is 11.2 Å². The van der Waals surface area contributed by atoms with Gasteiger partial charge in [0, 0.05) is 32.8 Å². The molecule has 0 unspecified atom stereocenters. The molecule has 0 N–H and O–H groups in total. The van der Waals surface area contributed by atoms with Crippen LogP contribution in [0.15, 0.2) is 192 Å². The zero-order chi connectivity index (χ0) is 33.0. The molecule has 0 spiro atoms. The van der Waals surface area contributed by atoms with E-state index in [2.05, 4.69) is 180 Å². The number of rotatable bonds is 5. The molecule has 0 saturated heterocycles. The number of hydrogen-bond acceptors (Lipinski definition) is 1. The van der Waals surface area contributed by atoms with Crippen molar-refractivity contribution in [2.24, 2.45) is 0 Å². The van der Waals surface area contributed by atoms with Gasteiger partial charge in [-0.3, -0.25) is 0 Å². The first kappa shape index (κ1) is 28.4. The Hall–Kier alpha value is -6.64. The molecule has 2 heteroatoms. The summed E-state index contributed by atoms with van der Waals surface area (Å²) in [6.07, 6.45) is 0. The normalized spacial score (nSPS) is 11.6. The average Bonchev–Trinajstić information content (AvgIpc) is 3.74. The third-order valence-electron chi connectivity index (χ3n) is 9.97. The molecule has 0 aliphatic carbocycles. The lowest BCUT2D eigenvalue weighted by atomic mass is 9.93. The van der Waals surface area contributed by atoms with Crippen LogP contribution in [0.25, 0.3) is 93.9 Å². The Bertz CT molecular complexity index is 2800. The summed E-state index contributed by atoms with van der Waals surface area (Å²) < 4.78 is 8.64. The number of aromatic nitrogens is 1. The van der Waals surface area contributed by atoms with E-state index in [9.17, 15) is 0 Å². The lowest BCUT2D eigenvalue weighted by Gasteiger charge is -2.15. The van der Waals surface area contributed by atoms with Crippen molar-refractivity contribution in [3.63, 3.8) is 0 Å². The Morgan fingerprint density at radius 3 is 1.66 bits per heavy atom. The summed E-state index contributed by atoms with van der Waals surface area (Å²) in [7, 11) is 0. The van der Waals surface area contributed by atoms with Gasteiger partial charge in [0.2, 0.25) is 0 Å². The molecule has 0 aliphatic heterocycles. The highest BCUT2D eigenvalue weighted by atomic mass is 16.3. The van der Waals surface area contributed by atoms with Gasteiger partial charge in [0.15, 0.2) is 0 Å². The van der Waals surface area contributed by atoms with Crippen LogP contribution in [0.5, 0.6) is 0 Å². The monoisotopic (exact) mass is 637 g/mol. The Morgan fingerprint density at radius 1 is 0.320 bits per heavy atom. The number of nitrogens with zero attached hydrogens (tertiary/aromatic N) is 1. The minimum absolute atomic E-state index is 0.906. The molecule has 0 amide bonds. The molecule has 0 aliphatic rings. The molecule has 234 valence electrons. The fraction of sp³-hybridized carbons (Fsp3) is 0. The third-order valence-corrected chi connectivity index (χ3v) is 9.97. The maximum atomic E-state index is 6.20. The van der Waals surface area contributed by atoms with Crippen molar-refractivity contribution < 1.29 is 4.42 Å². The summed E-state index contributed by atoms with van der Waals surface area (Å²) in [4.78, 5) is 0. The summed E-state index contributed by atoms with van der Waals surface area (Å²) in [6.45, 7) is 0. The number of furan rings is 1. The van der Waals surface area contributed by atoms with Gasteiger partial charge in [0.25, 0.3) is 0 Å². The summed E-state index contributed by atoms with van der Waals surface area (Å²) in [6, 6.07) is 67.6. The fourth-order valence-electron chi connectivity index (χ4n) is 7.63. The van der Waals surface area contributed by atoms with Crippen molar-refractivity contribution in [2.75, 3.05) is 0 Å². The van der Waals surface area contributed by atoms with Gasteiger partial charge in [0.05, 0.1) is 11.0 Å². The van der Waals surface area contributed by atoms with Crippen molar-refractivity contribution in [3.05, 3.63) is 188 Å². The highest BCUT2D eigenvalue weighted by Crippen LogP contribution is 2.41. The van der Waals surface area contributed by atoms with Crippen LogP contribution in [0, 0.1) is 0 Å². The third kappa shape index (κ3) is 4.65. The Labute approximate surface area is 290 Å². The zero-order valence-electron chi connectivity index (χ0n) is 27.3. The minimum Gasteiger partial charge on any atom is -0.456 e. The SMILES string of the molecule is c1ccc(-c2cc(-c3ccccc3)cc(-c3cccc(-n4c5ccccc5c5cccc(-c6ccc7oc8ccccc8c7c6)c54)c3)c2)cc1. The maximum absolute atomic E-state index is 6.20. The second kappa shape index (κ2) is 11.5. The molecule has 10 aromatic rings. The van der Waals surface area contributed by atoms with Crippen LogP contribution >= 0.6 is 0 Å². The number of para-hydroxylation sites is 3. The van der Waals surface area contributed by atoms with Crippen molar-refractivity contribution in [1.82, 2.24) is 4.57 Å². The predicted molar refractivity (Wildman–Crippen MR) is 210 cm³/mol. The van der Waals surface area contributed by atoms with E-state index < -0.39 is 0 Å². The fourth-order valence-corrected chi connectivity index (χ4v) is 7.63. The second-order valence-electron chi connectivity index (χ2n) is 12.9. The highest BCUT2D eigenvalue weighted by molar-refractivity contribution is 6.15. The standard InChI is InChI=1S/C48H31NO/c1-3-13-32(14-4-1)36-27-37(33-15-5-2-6-16-33)29-38(28-36)34-17-11-18-39(30-34)49-45-23-9-7-19-41(45)43-22-12-21-40(48(43)49)35-25-26-47-44(31-35)42-20-8-10-24-46(42)50-47/h1-31H. The van der Waals surface area contributed by atoms with E-state index in [1.54, 1.807) is 0 Å². The molecule has 0 radical (unpaired) electrons. The number of hydrogen-bond donors (Lipinski definition) is 0. The van der Waals surface area contributed by atoms with Crippen LogP contribution in [0.2, 0.25) is 0 Å². The van der Waals surface area contributed by atoms with Crippen LogP contribution in [0.1, 0.15) is 0 Å². The molecular weight excluding hydrogens is 607 g/mol. The smallest absolute Gasteiger partial charge is 0.135 e. The van der Waals surface area contributed by atoms with E-state index in [4.69, 9.17) is 4.42 Å². The Morgan fingerprint density at radius 2 is 0.900 bits per heavy atom. The molecule has 2 nitrogen and oxygen atoms in total. The molecule has 50 heavy (non-hydrogen) atoms. The van der Waals surface area contributed by atoms with Crippen molar-refractivity contribution >= 4 is 43.7 Å². The van der Waals surface area contributed by atoms with Gasteiger partial charge >= 0.3 is 0 Å². The molecule has 2 aromatic heterocycles. The highest BCUT2D eigenvalue weighted by Gasteiger charge is 2.18. The molecular formula is C48H31NO. The molecule has 2 heterocycles. The van der Waals surface area contributed by atoms with Crippen molar-refractivity contribution in [1.29, 1.82) is 0 Å². The van der Waals surface area contributed by atoms with E-state index in [1.165, 1.54) is 60.8 Å². The average molecular weight is 638 g/mol. The van der Waals surface area contributed by atoms with Crippen LogP contribution < -0.4 is 0 Å². The topological polar surface area (TPSA) is 18.1 Å². The van der Waals surface area contributed by atoms with Crippen LogP contribution in [-0.4, -0.2) is 4.57 Å². The van der Waals surface area contributed by atoms with Gasteiger partial charge in [-0.1, -0.05) is 133 Å². The van der Waals surface area contributed by atoms with Crippen LogP contribution in [-0.2, 0) is 0 Å². The van der Waals surface area contributed by atoms with Gasteiger partial charge in [-0.25, -0.2) is 0 Å². The number of benzene rings is 8. The summed E-state index contributed by atoms with van der Waals surface area (Å²) >= 11 is 0. The van der Waals surface area contributed by atoms with Crippen LogP contribution in [0.4, 0.5) is 0 Å². The molecule has 0 fully saturated rings. The maximum Gasteiger partial charge on any atom is 0.135 e. The number of fused-ring (bicyclic) bond motifs is 6. The van der Waals surface area contributed by atoms with E-state index in [1.807, 2.05) is 12.1 Å². The molecule has 0 atom stereocenters. The first-order chi connectivity index (χ1) is 24.8. The van der Waals surface area contributed by atoms with Crippen molar-refractivity contribution in [2.45, 2.75) is 0 Å². The molecule has 0 saturated carbocycles. The molecule has 0 bridgehead atoms. The van der Waals surface area contributed by atoms with Gasteiger partial charge < -0.3 is 8.98 Å². The Kier molecular flexibility index (Phi) is 6.53. The van der Waals surface area contributed by atoms with Gasteiger partial charge in [-0.05, 0) is 93.5 Å². The predicted octanol–water partition coefficient (Wildman–Crippen LogP) is 13.4. The lowest BCUT2D eigenvalue weighted by Crippen LogP contribution is -1.96. The van der Waals surface area contributed by atoms with E-state index in [-0.39, 0.29) is 0 Å². The van der Waals surface area contributed by atoms with Gasteiger partial charge in [-0.2, -0.15) is 0 Å². The molecule has 8 aromatic carbocycles. The first-order valence-corrected chi connectivity index (χ1v) is 17.1. The van der Waals surface area contributed by atoms with E-state index >= 15 is 0 Å². The largest absolute Gasteiger partial charge is 0.456 e. The lowest BCUT2D eigenvalue weighted by molar-refractivity contribution is 0.669. The Balaban J connectivity index is 1.19. The van der Waals surface area contributed by atoms with Crippen LogP contribution in [0.3, 0.4) is 0 Å². The van der Waals surface area contributed by atoms with Gasteiger partial charge in [-0.15, -0.1) is 0 Å². The summed E-state index contributed by atoms with van der Waals surface area (Å²) in [5.74, 6) is 0. The first-order valence-electron chi connectivity index (χ1n) is 17.1. The van der Waals surface area contributed by atoms with E-state index in [0.717, 1.165) is 33.2 Å². The summed E-state index contributed by atoms with van der Waals surface area (Å²) in [5.41, 5.74) is 14.9. The zero-order valence-corrected chi connectivity index (χ0v) is 27.3. The summed E-state index contributed by atoms with van der Waals surface area (Å²) in [5, 5.41) is 4.74. The second-order valence-corrected chi connectivity index (χ2v) is 12.9. The van der Waals surface area contributed by atoms with Crippen molar-refractivity contribution in [3.8, 4) is 50.2 Å². The van der Waals surface area contributed by atoms with E-state index in [0.29, 0.717) is 0 Å².